The molecule has 1 saturated heterocycles. The van der Waals surface area contributed by atoms with E-state index in [1.165, 1.54) is 12.0 Å². The van der Waals surface area contributed by atoms with E-state index in [9.17, 15) is 18.0 Å². The highest BCUT2D eigenvalue weighted by molar-refractivity contribution is 7.91. The lowest BCUT2D eigenvalue weighted by Gasteiger charge is -2.28. The van der Waals surface area contributed by atoms with Crippen LogP contribution in [0.25, 0.3) is 0 Å². The number of sulfone groups is 1. The van der Waals surface area contributed by atoms with E-state index in [0.717, 1.165) is 5.56 Å². The Balaban J connectivity index is 2.10. The van der Waals surface area contributed by atoms with Gasteiger partial charge in [-0.2, -0.15) is 0 Å². The maximum absolute atomic E-state index is 12.6. The number of amides is 1. The molecule has 1 aliphatic heterocycles. The topological polar surface area (TPSA) is 80.8 Å². The first-order valence-corrected chi connectivity index (χ1v) is 9.82. The minimum Gasteiger partial charge on any atom is -0.469 e. The molecule has 1 aliphatic rings. The second kappa shape index (κ2) is 7.98. The van der Waals surface area contributed by atoms with Gasteiger partial charge in [-0.05, 0) is 24.1 Å². The van der Waals surface area contributed by atoms with Gasteiger partial charge < -0.3 is 9.64 Å². The minimum absolute atomic E-state index is 0.0411. The summed E-state index contributed by atoms with van der Waals surface area (Å²) < 4.78 is 28.0. The molecule has 1 aromatic rings. The Bertz CT molecular complexity index is 702. The number of esters is 1. The minimum atomic E-state index is -3.12. The molecule has 132 valence electrons. The Morgan fingerprint density at radius 2 is 1.96 bits per heavy atom. The summed E-state index contributed by atoms with van der Waals surface area (Å²) in [6.07, 6.45) is 0.574. The van der Waals surface area contributed by atoms with E-state index < -0.39 is 15.8 Å². The van der Waals surface area contributed by atoms with Crippen molar-refractivity contribution in [3.05, 3.63) is 34.9 Å². The molecule has 6 nitrogen and oxygen atoms in total. The Morgan fingerprint density at radius 3 is 2.50 bits per heavy atom. The Morgan fingerprint density at radius 1 is 1.29 bits per heavy atom. The van der Waals surface area contributed by atoms with Gasteiger partial charge in [0.25, 0.3) is 0 Å². The normalized spacial score (nSPS) is 19.0. The van der Waals surface area contributed by atoms with Gasteiger partial charge >= 0.3 is 5.97 Å². The number of benzene rings is 1. The molecule has 0 bridgehead atoms. The van der Waals surface area contributed by atoms with E-state index in [4.69, 9.17) is 11.6 Å². The van der Waals surface area contributed by atoms with Crippen LogP contribution >= 0.6 is 11.6 Å². The summed E-state index contributed by atoms with van der Waals surface area (Å²) in [6, 6.07) is 6.51. The first-order chi connectivity index (χ1) is 11.3. The number of halogens is 1. The summed E-state index contributed by atoms with van der Waals surface area (Å²) in [7, 11) is -1.84. The molecule has 1 heterocycles. The lowest BCUT2D eigenvalue weighted by Crippen LogP contribution is -2.43. The zero-order valence-corrected chi connectivity index (χ0v) is 15.0. The molecule has 0 aromatic heterocycles. The molecule has 8 heteroatoms. The summed E-state index contributed by atoms with van der Waals surface area (Å²) in [4.78, 5) is 25.5. The van der Waals surface area contributed by atoms with Crippen molar-refractivity contribution in [2.75, 3.05) is 25.2 Å². The largest absolute Gasteiger partial charge is 0.469 e. The molecule has 2 rings (SSSR count). The first kappa shape index (κ1) is 18.7. The average Bonchev–Trinajstić information content (AvgIpc) is 2.89. The molecule has 0 aliphatic carbocycles. The Labute approximate surface area is 146 Å². The molecular formula is C16H20ClNO5S. The zero-order valence-electron chi connectivity index (χ0n) is 13.4. The summed E-state index contributed by atoms with van der Waals surface area (Å²) >= 11 is 5.83. The van der Waals surface area contributed by atoms with Crippen molar-refractivity contribution in [3.8, 4) is 0 Å². The molecule has 0 N–H and O–H groups in total. The van der Waals surface area contributed by atoms with Crippen molar-refractivity contribution in [2.45, 2.75) is 25.3 Å². The Hall–Kier alpha value is -1.60. The van der Waals surface area contributed by atoms with Gasteiger partial charge in [0.2, 0.25) is 5.91 Å². The molecule has 0 radical (unpaired) electrons. The van der Waals surface area contributed by atoms with E-state index in [1.807, 2.05) is 0 Å². The van der Waals surface area contributed by atoms with Crippen molar-refractivity contribution in [1.82, 2.24) is 4.90 Å². The van der Waals surface area contributed by atoms with Crippen LogP contribution in [0.3, 0.4) is 0 Å². The summed E-state index contributed by atoms with van der Waals surface area (Å²) in [5.74, 6) is -0.621. The van der Waals surface area contributed by atoms with E-state index >= 15 is 0 Å². The van der Waals surface area contributed by atoms with Crippen molar-refractivity contribution in [3.63, 3.8) is 0 Å². The van der Waals surface area contributed by atoms with E-state index in [1.54, 1.807) is 24.3 Å². The van der Waals surface area contributed by atoms with Gasteiger partial charge in [0.05, 0.1) is 31.5 Å². The van der Waals surface area contributed by atoms with Crippen LogP contribution < -0.4 is 0 Å². The van der Waals surface area contributed by atoms with E-state index in [2.05, 4.69) is 4.74 Å². The highest BCUT2D eigenvalue weighted by atomic mass is 35.5. The summed E-state index contributed by atoms with van der Waals surface area (Å²) in [5, 5.41) is 0.579. The molecule has 0 saturated carbocycles. The smallest absolute Gasteiger partial charge is 0.307 e. The number of methoxy groups -OCH3 is 1. The third kappa shape index (κ3) is 5.21. The van der Waals surface area contributed by atoms with Gasteiger partial charge in [0, 0.05) is 17.6 Å². The van der Waals surface area contributed by atoms with Crippen LogP contribution in [0.4, 0.5) is 0 Å². The fraction of sp³-hybridized carbons (Fsp3) is 0.500. The lowest BCUT2D eigenvalue weighted by atomic mass is 10.1. The highest BCUT2D eigenvalue weighted by Gasteiger charge is 2.34. The standard InChI is InChI=1S/C16H20ClNO5S/c1-23-16(20)6-8-18(14-7-9-24(21,22)11-14)15(19)10-12-2-4-13(17)5-3-12/h2-5,14H,6-11H2,1H3. The SMILES string of the molecule is COC(=O)CCN(C(=O)Cc1ccc(Cl)cc1)C1CCS(=O)(=O)C1. The van der Waals surface area contributed by atoms with Gasteiger partial charge in [-0.15, -0.1) is 0 Å². The van der Waals surface area contributed by atoms with E-state index in [-0.39, 0.29) is 42.8 Å². The number of hydrogen-bond acceptors (Lipinski definition) is 5. The van der Waals surface area contributed by atoms with Crippen LogP contribution in [0.1, 0.15) is 18.4 Å². The number of carbonyl (C=O) groups excluding carboxylic acids is 2. The quantitative estimate of drug-likeness (QED) is 0.705. The zero-order chi connectivity index (χ0) is 17.7. The number of hydrogen-bond donors (Lipinski definition) is 0. The molecule has 1 unspecified atom stereocenters. The fourth-order valence-electron chi connectivity index (χ4n) is 2.72. The van der Waals surface area contributed by atoms with Crippen LogP contribution in [0.15, 0.2) is 24.3 Å². The molecule has 0 spiro atoms. The maximum atomic E-state index is 12.6. The van der Waals surface area contributed by atoms with Gasteiger partial charge in [0.15, 0.2) is 9.84 Å². The highest BCUT2D eigenvalue weighted by Crippen LogP contribution is 2.20. The Kier molecular flexibility index (Phi) is 6.23. The second-order valence-electron chi connectivity index (χ2n) is 5.77. The van der Waals surface area contributed by atoms with Crippen molar-refractivity contribution in [2.24, 2.45) is 0 Å². The van der Waals surface area contributed by atoms with Gasteiger partial charge in [-0.1, -0.05) is 23.7 Å². The fourth-order valence-corrected chi connectivity index (χ4v) is 4.58. The number of ether oxygens (including phenoxy) is 1. The van der Waals surface area contributed by atoms with Crippen molar-refractivity contribution in [1.29, 1.82) is 0 Å². The summed E-state index contributed by atoms with van der Waals surface area (Å²) in [5.41, 5.74) is 0.785. The molecule has 1 aromatic carbocycles. The number of nitrogens with zero attached hydrogens (tertiary/aromatic N) is 1. The van der Waals surface area contributed by atoms with Crippen LogP contribution in [0.5, 0.6) is 0 Å². The predicted molar refractivity (Wildman–Crippen MR) is 90.6 cm³/mol. The van der Waals surface area contributed by atoms with Crippen molar-refractivity contribution >= 4 is 33.3 Å². The number of carbonyl (C=O) groups is 2. The third-order valence-electron chi connectivity index (χ3n) is 4.02. The van der Waals surface area contributed by atoms with Crippen LogP contribution in [-0.2, 0) is 30.6 Å². The van der Waals surface area contributed by atoms with Crippen LogP contribution in [0.2, 0.25) is 5.02 Å². The first-order valence-electron chi connectivity index (χ1n) is 7.62. The third-order valence-corrected chi connectivity index (χ3v) is 6.02. The average molecular weight is 374 g/mol. The van der Waals surface area contributed by atoms with Crippen LogP contribution in [0, 0.1) is 0 Å². The lowest BCUT2D eigenvalue weighted by molar-refractivity contribution is -0.142. The maximum Gasteiger partial charge on any atom is 0.307 e. The van der Waals surface area contributed by atoms with Crippen molar-refractivity contribution < 1.29 is 22.7 Å². The molecule has 1 atom stereocenters. The van der Waals surface area contributed by atoms with Gasteiger partial charge in [-0.3, -0.25) is 9.59 Å². The summed E-state index contributed by atoms with van der Waals surface area (Å²) in [6.45, 7) is 0.152. The number of rotatable bonds is 6. The second-order valence-corrected chi connectivity index (χ2v) is 8.44. The van der Waals surface area contributed by atoms with Gasteiger partial charge in [-0.25, -0.2) is 8.42 Å². The van der Waals surface area contributed by atoms with Gasteiger partial charge in [0.1, 0.15) is 0 Å². The molecule has 1 fully saturated rings. The molecule has 1 amide bonds. The van der Waals surface area contributed by atoms with Crippen LogP contribution in [-0.4, -0.2) is 56.4 Å². The monoisotopic (exact) mass is 373 g/mol. The van der Waals surface area contributed by atoms with E-state index in [0.29, 0.717) is 11.4 Å². The molecule has 24 heavy (non-hydrogen) atoms. The molecular weight excluding hydrogens is 354 g/mol. The predicted octanol–water partition coefficient (Wildman–Crippen LogP) is 1.46.